The van der Waals surface area contributed by atoms with Crippen LogP contribution < -0.4 is 11.5 Å². The van der Waals surface area contributed by atoms with Crippen LogP contribution in [0.15, 0.2) is 59.8 Å². The zero-order valence-corrected chi connectivity index (χ0v) is 16.0. The van der Waals surface area contributed by atoms with E-state index in [0.29, 0.717) is 11.3 Å². The molecule has 1 heterocycles. The Labute approximate surface area is 168 Å². The van der Waals surface area contributed by atoms with Crippen LogP contribution in [0.2, 0.25) is 0 Å². The van der Waals surface area contributed by atoms with Crippen LogP contribution in [-0.4, -0.2) is 47.5 Å². The highest BCUT2D eigenvalue weighted by molar-refractivity contribution is 6.08. The van der Waals surface area contributed by atoms with Crippen molar-refractivity contribution in [3.8, 4) is 11.1 Å². The third-order valence-corrected chi connectivity index (χ3v) is 4.98. The maximum Gasteiger partial charge on any atom is 0.255 e. The van der Waals surface area contributed by atoms with Crippen molar-refractivity contribution in [3.63, 3.8) is 0 Å². The summed E-state index contributed by atoms with van der Waals surface area (Å²) in [5.41, 5.74) is 12.1. The Morgan fingerprint density at radius 2 is 1.66 bits per heavy atom. The van der Waals surface area contributed by atoms with E-state index < -0.39 is 23.3 Å². The highest BCUT2D eigenvalue weighted by Gasteiger charge is 2.52. The van der Waals surface area contributed by atoms with Gasteiger partial charge in [0.2, 0.25) is 11.8 Å². The molecule has 8 nitrogen and oxygen atoms in total. The third-order valence-electron chi connectivity index (χ3n) is 4.98. The summed E-state index contributed by atoms with van der Waals surface area (Å²) < 4.78 is 0. The van der Waals surface area contributed by atoms with Gasteiger partial charge in [0.05, 0.1) is 18.7 Å². The van der Waals surface area contributed by atoms with Crippen LogP contribution in [0.25, 0.3) is 11.1 Å². The van der Waals surface area contributed by atoms with Crippen molar-refractivity contribution in [3.05, 3.63) is 60.2 Å². The maximum atomic E-state index is 13.2. The number of hydrogen-bond donors (Lipinski definition) is 2. The van der Waals surface area contributed by atoms with Gasteiger partial charge in [-0.3, -0.25) is 14.4 Å². The number of amides is 3. The van der Waals surface area contributed by atoms with E-state index in [1.54, 1.807) is 12.1 Å². The molecule has 1 unspecified atom stereocenters. The lowest BCUT2D eigenvalue weighted by Gasteiger charge is -2.34. The van der Waals surface area contributed by atoms with Crippen molar-refractivity contribution < 1.29 is 19.2 Å². The van der Waals surface area contributed by atoms with Gasteiger partial charge in [-0.1, -0.05) is 47.6 Å². The first-order valence-corrected chi connectivity index (χ1v) is 9.02. The lowest BCUT2D eigenvalue weighted by atomic mass is 9.89. The Balaban J connectivity index is 1.95. The van der Waals surface area contributed by atoms with Gasteiger partial charge < -0.3 is 21.2 Å². The lowest BCUT2D eigenvalue weighted by Crippen LogP contribution is -2.57. The fraction of sp³-hybridized carbons (Fsp3) is 0.238. The largest absolute Gasteiger partial charge is 0.399 e. The van der Waals surface area contributed by atoms with E-state index in [4.69, 9.17) is 16.3 Å². The van der Waals surface area contributed by atoms with E-state index in [-0.39, 0.29) is 19.4 Å². The summed E-state index contributed by atoms with van der Waals surface area (Å²) in [6, 6.07) is 16.7. The molecular weight excluding hydrogens is 372 g/mol. The molecule has 1 atom stereocenters. The standard InChI is InChI=1S/C21H22N4O4/c1-29-24-17-11-21(20(23)28,12-18(22)26)25(13-17)19(27)16-9-7-15(8-10-16)14-5-3-2-4-6-14/h2-10H,11-13H2,1H3,(H2,22,26)(H2,23,28). The Hall–Kier alpha value is -3.68. The molecule has 8 heteroatoms. The molecule has 0 aliphatic carbocycles. The van der Waals surface area contributed by atoms with Gasteiger partial charge in [0.15, 0.2) is 0 Å². The Kier molecular flexibility index (Phi) is 5.63. The Morgan fingerprint density at radius 3 is 2.21 bits per heavy atom. The number of carbonyl (C=O) groups is 3. The monoisotopic (exact) mass is 394 g/mol. The molecule has 0 aromatic heterocycles. The molecule has 0 spiro atoms. The smallest absolute Gasteiger partial charge is 0.255 e. The van der Waals surface area contributed by atoms with Gasteiger partial charge in [-0.25, -0.2) is 0 Å². The summed E-state index contributed by atoms with van der Waals surface area (Å²) in [7, 11) is 1.36. The molecule has 0 saturated carbocycles. The van der Waals surface area contributed by atoms with Crippen molar-refractivity contribution >= 4 is 23.4 Å². The topological polar surface area (TPSA) is 128 Å². The fourth-order valence-corrected chi connectivity index (χ4v) is 3.62. The third kappa shape index (κ3) is 3.96. The van der Waals surface area contributed by atoms with Gasteiger partial charge in [-0.05, 0) is 23.3 Å². The average molecular weight is 394 g/mol. The highest BCUT2D eigenvalue weighted by Crippen LogP contribution is 2.33. The zero-order chi connectivity index (χ0) is 21.0. The molecule has 1 aliphatic heterocycles. The van der Waals surface area contributed by atoms with Crippen molar-refractivity contribution in [1.29, 1.82) is 0 Å². The minimum Gasteiger partial charge on any atom is -0.399 e. The van der Waals surface area contributed by atoms with Crippen molar-refractivity contribution in [2.24, 2.45) is 16.6 Å². The molecule has 3 amide bonds. The maximum absolute atomic E-state index is 13.2. The number of oxime groups is 1. The Bertz CT molecular complexity index is 956. The van der Waals surface area contributed by atoms with E-state index in [9.17, 15) is 14.4 Å². The first-order valence-electron chi connectivity index (χ1n) is 9.02. The van der Waals surface area contributed by atoms with Gasteiger partial charge in [0.25, 0.3) is 5.91 Å². The van der Waals surface area contributed by atoms with Crippen LogP contribution in [0.5, 0.6) is 0 Å². The van der Waals surface area contributed by atoms with Crippen molar-refractivity contribution in [2.45, 2.75) is 18.4 Å². The van der Waals surface area contributed by atoms with Gasteiger partial charge in [0.1, 0.15) is 12.6 Å². The second kappa shape index (κ2) is 8.14. The number of rotatable bonds is 6. The summed E-state index contributed by atoms with van der Waals surface area (Å²) >= 11 is 0. The lowest BCUT2D eigenvalue weighted by molar-refractivity contribution is -0.132. The van der Waals surface area contributed by atoms with E-state index in [1.165, 1.54) is 12.0 Å². The van der Waals surface area contributed by atoms with Crippen LogP contribution >= 0.6 is 0 Å². The average Bonchev–Trinajstić information content (AvgIpc) is 3.07. The first kappa shape index (κ1) is 20.1. The molecule has 1 aliphatic rings. The molecule has 29 heavy (non-hydrogen) atoms. The molecule has 0 radical (unpaired) electrons. The van der Waals surface area contributed by atoms with Crippen molar-refractivity contribution in [2.75, 3.05) is 13.7 Å². The molecule has 2 aromatic carbocycles. The predicted octanol–water partition coefficient (Wildman–Crippen LogP) is 1.30. The molecular formula is C21H22N4O4. The summed E-state index contributed by atoms with van der Waals surface area (Å²) in [5, 5.41) is 3.85. The van der Waals surface area contributed by atoms with Crippen LogP contribution in [0.3, 0.4) is 0 Å². The summed E-state index contributed by atoms with van der Waals surface area (Å²) in [4.78, 5) is 43.2. The van der Waals surface area contributed by atoms with E-state index in [0.717, 1.165) is 11.1 Å². The van der Waals surface area contributed by atoms with E-state index in [1.807, 2.05) is 42.5 Å². The van der Waals surface area contributed by atoms with E-state index in [2.05, 4.69) is 5.16 Å². The molecule has 1 fully saturated rings. The highest BCUT2D eigenvalue weighted by atomic mass is 16.6. The normalized spacial score (nSPS) is 19.9. The van der Waals surface area contributed by atoms with Gasteiger partial charge in [0, 0.05) is 12.0 Å². The van der Waals surface area contributed by atoms with Crippen LogP contribution in [0.1, 0.15) is 23.2 Å². The minimum absolute atomic E-state index is 0.00699. The van der Waals surface area contributed by atoms with Crippen LogP contribution in [0.4, 0.5) is 0 Å². The zero-order valence-electron chi connectivity index (χ0n) is 16.0. The van der Waals surface area contributed by atoms with Crippen molar-refractivity contribution in [1.82, 2.24) is 4.90 Å². The summed E-state index contributed by atoms with van der Waals surface area (Å²) in [6.45, 7) is 0.0172. The predicted molar refractivity (Wildman–Crippen MR) is 108 cm³/mol. The molecule has 3 rings (SSSR count). The van der Waals surface area contributed by atoms with Crippen LogP contribution in [0, 0.1) is 0 Å². The number of hydrogen-bond acceptors (Lipinski definition) is 5. The van der Waals surface area contributed by atoms with Crippen LogP contribution in [-0.2, 0) is 14.4 Å². The molecule has 4 N–H and O–H groups in total. The molecule has 0 bridgehead atoms. The van der Waals surface area contributed by atoms with Gasteiger partial charge in [-0.2, -0.15) is 0 Å². The molecule has 2 aromatic rings. The minimum atomic E-state index is -1.57. The fourth-order valence-electron chi connectivity index (χ4n) is 3.62. The number of carbonyl (C=O) groups excluding carboxylic acids is 3. The van der Waals surface area contributed by atoms with Gasteiger partial charge >= 0.3 is 0 Å². The van der Waals surface area contributed by atoms with E-state index >= 15 is 0 Å². The number of nitrogens with two attached hydrogens (primary N) is 2. The number of nitrogens with zero attached hydrogens (tertiary/aromatic N) is 2. The number of primary amides is 2. The molecule has 1 saturated heterocycles. The molecule has 150 valence electrons. The SMILES string of the molecule is CON=C1CN(C(=O)c2ccc(-c3ccccc3)cc2)C(CC(N)=O)(C(N)=O)C1. The quantitative estimate of drug-likeness (QED) is 0.716. The number of likely N-dealkylation sites (tertiary alicyclic amines) is 1. The van der Waals surface area contributed by atoms with Gasteiger partial charge in [-0.15, -0.1) is 0 Å². The number of benzene rings is 2. The Morgan fingerprint density at radius 1 is 1.03 bits per heavy atom. The first-order chi connectivity index (χ1) is 13.9. The summed E-state index contributed by atoms with van der Waals surface area (Å²) in [5.74, 6) is -1.99. The second-order valence-electron chi connectivity index (χ2n) is 6.89. The second-order valence-corrected chi connectivity index (χ2v) is 6.89. The summed E-state index contributed by atoms with van der Waals surface area (Å²) in [6.07, 6.45) is -0.397.